The molecule has 0 saturated carbocycles. The van der Waals surface area contributed by atoms with Crippen molar-refractivity contribution in [2.24, 2.45) is 0 Å². The van der Waals surface area contributed by atoms with Gasteiger partial charge in [0.15, 0.2) is 0 Å². The van der Waals surface area contributed by atoms with E-state index in [4.69, 9.17) is 9.84 Å². The van der Waals surface area contributed by atoms with E-state index in [1.807, 2.05) is 6.07 Å². The van der Waals surface area contributed by atoms with Crippen LogP contribution in [0.15, 0.2) is 22.8 Å². The maximum atomic E-state index is 8.91. The van der Waals surface area contributed by atoms with Crippen LogP contribution in [-0.4, -0.2) is 22.8 Å². The van der Waals surface area contributed by atoms with Crippen LogP contribution in [0.3, 0.4) is 0 Å². The predicted octanol–water partition coefficient (Wildman–Crippen LogP) is 1.60. The topological polar surface area (TPSA) is 42.4 Å². The first kappa shape index (κ1) is 9.48. The Labute approximate surface area is 79.5 Å². The van der Waals surface area contributed by atoms with Gasteiger partial charge in [0.25, 0.3) is 0 Å². The van der Waals surface area contributed by atoms with Gasteiger partial charge >= 0.3 is 0 Å². The molecule has 1 N–H and O–H groups in total. The fourth-order valence-electron chi connectivity index (χ4n) is 0.654. The Bertz CT molecular complexity index is 235. The molecular weight excluding hydrogens is 222 g/mol. The van der Waals surface area contributed by atoms with Crippen LogP contribution < -0.4 is 4.74 Å². The van der Waals surface area contributed by atoms with Crippen molar-refractivity contribution in [3.8, 4) is 5.88 Å². The molecule has 0 spiro atoms. The smallest absolute Gasteiger partial charge is 0.213 e. The van der Waals surface area contributed by atoms with E-state index in [2.05, 4.69) is 20.9 Å². The van der Waals surface area contributed by atoms with Crippen molar-refractivity contribution in [2.45, 2.75) is 13.0 Å². The molecule has 0 aliphatic rings. The van der Waals surface area contributed by atoms with Crippen LogP contribution in [0.25, 0.3) is 0 Å². The highest BCUT2D eigenvalue weighted by atomic mass is 79.9. The van der Waals surface area contributed by atoms with Crippen LogP contribution in [0.4, 0.5) is 0 Å². The van der Waals surface area contributed by atoms with Crippen molar-refractivity contribution in [2.75, 3.05) is 6.61 Å². The maximum Gasteiger partial charge on any atom is 0.213 e. The second-order valence-corrected chi connectivity index (χ2v) is 3.39. The maximum absolute atomic E-state index is 8.91. The second-order valence-electron chi connectivity index (χ2n) is 2.47. The Morgan fingerprint density at radius 3 is 2.92 bits per heavy atom. The number of hydrogen-bond acceptors (Lipinski definition) is 3. The van der Waals surface area contributed by atoms with Crippen LogP contribution in [0.2, 0.25) is 0 Å². The van der Waals surface area contributed by atoms with Gasteiger partial charge in [0, 0.05) is 16.7 Å². The van der Waals surface area contributed by atoms with E-state index in [1.165, 1.54) is 0 Å². The van der Waals surface area contributed by atoms with Gasteiger partial charge in [0.1, 0.15) is 6.61 Å². The summed E-state index contributed by atoms with van der Waals surface area (Å²) in [7, 11) is 0. The minimum absolute atomic E-state index is 0.272. The Balaban J connectivity index is 2.48. The third-order valence-electron chi connectivity index (χ3n) is 1.17. The van der Waals surface area contributed by atoms with Crippen LogP contribution in [0.1, 0.15) is 6.92 Å². The number of rotatable bonds is 3. The number of aliphatic hydroxyl groups excluding tert-OH is 1. The Hall–Kier alpha value is -0.610. The van der Waals surface area contributed by atoms with Crippen LogP contribution in [0.5, 0.6) is 5.88 Å². The number of halogens is 1. The first-order chi connectivity index (χ1) is 5.68. The van der Waals surface area contributed by atoms with Gasteiger partial charge in [-0.2, -0.15) is 0 Å². The average molecular weight is 232 g/mol. The number of ether oxygens (including phenoxy) is 1. The van der Waals surface area contributed by atoms with E-state index >= 15 is 0 Å². The van der Waals surface area contributed by atoms with Crippen molar-refractivity contribution in [1.82, 2.24) is 4.98 Å². The molecule has 0 amide bonds. The molecule has 0 aliphatic carbocycles. The third kappa shape index (κ3) is 3.19. The van der Waals surface area contributed by atoms with E-state index in [0.29, 0.717) is 5.88 Å². The van der Waals surface area contributed by atoms with E-state index in [9.17, 15) is 0 Å². The number of aromatic nitrogens is 1. The van der Waals surface area contributed by atoms with Gasteiger partial charge in [-0.3, -0.25) is 0 Å². The minimum Gasteiger partial charge on any atom is -0.475 e. The highest BCUT2D eigenvalue weighted by molar-refractivity contribution is 9.10. The highest BCUT2D eigenvalue weighted by Crippen LogP contribution is 2.12. The van der Waals surface area contributed by atoms with Gasteiger partial charge in [-0.15, -0.1) is 0 Å². The molecule has 1 atom stereocenters. The van der Waals surface area contributed by atoms with Crippen molar-refractivity contribution in [3.63, 3.8) is 0 Å². The van der Waals surface area contributed by atoms with Crippen molar-refractivity contribution in [1.29, 1.82) is 0 Å². The quantitative estimate of drug-likeness (QED) is 0.860. The first-order valence-electron chi connectivity index (χ1n) is 3.61. The van der Waals surface area contributed by atoms with E-state index in [1.54, 1.807) is 19.2 Å². The van der Waals surface area contributed by atoms with Crippen molar-refractivity contribution >= 4 is 15.9 Å². The summed E-state index contributed by atoms with van der Waals surface area (Å²) in [6.07, 6.45) is 1.19. The summed E-state index contributed by atoms with van der Waals surface area (Å²) in [5.41, 5.74) is 0. The van der Waals surface area contributed by atoms with Crippen molar-refractivity contribution < 1.29 is 9.84 Å². The van der Waals surface area contributed by atoms with Gasteiger partial charge < -0.3 is 9.84 Å². The molecule has 1 aromatic rings. The van der Waals surface area contributed by atoms with Crippen molar-refractivity contribution in [3.05, 3.63) is 22.8 Å². The summed E-state index contributed by atoms with van der Waals surface area (Å²) in [5.74, 6) is 0.527. The van der Waals surface area contributed by atoms with Gasteiger partial charge in [-0.05, 0) is 28.9 Å². The van der Waals surface area contributed by atoms with E-state index in [-0.39, 0.29) is 6.61 Å². The fraction of sp³-hybridized carbons (Fsp3) is 0.375. The highest BCUT2D eigenvalue weighted by Gasteiger charge is 1.98. The zero-order valence-electron chi connectivity index (χ0n) is 6.70. The van der Waals surface area contributed by atoms with Gasteiger partial charge in [-0.25, -0.2) is 4.98 Å². The van der Waals surface area contributed by atoms with Crippen LogP contribution >= 0.6 is 15.9 Å². The molecule has 1 aromatic heterocycles. The lowest BCUT2D eigenvalue weighted by Gasteiger charge is -2.06. The van der Waals surface area contributed by atoms with Crippen LogP contribution in [0, 0.1) is 0 Å². The molecule has 0 fully saturated rings. The molecule has 0 saturated heterocycles. The SMILES string of the molecule is CC(O)COc1ccc(Br)cn1. The first-order valence-corrected chi connectivity index (χ1v) is 4.40. The zero-order chi connectivity index (χ0) is 8.97. The minimum atomic E-state index is -0.463. The zero-order valence-corrected chi connectivity index (χ0v) is 8.28. The molecule has 1 rings (SSSR count). The summed E-state index contributed by atoms with van der Waals surface area (Å²) in [6.45, 7) is 1.94. The number of aliphatic hydroxyl groups is 1. The average Bonchev–Trinajstić information content (AvgIpc) is 2.03. The summed E-state index contributed by atoms with van der Waals surface area (Å²) < 4.78 is 6.05. The molecule has 66 valence electrons. The predicted molar refractivity (Wildman–Crippen MR) is 49.1 cm³/mol. The molecule has 12 heavy (non-hydrogen) atoms. The van der Waals surface area contributed by atoms with E-state index < -0.39 is 6.10 Å². The van der Waals surface area contributed by atoms with Gasteiger partial charge in [0.05, 0.1) is 6.10 Å². The molecule has 3 nitrogen and oxygen atoms in total. The Morgan fingerprint density at radius 2 is 2.42 bits per heavy atom. The monoisotopic (exact) mass is 231 g/mol. The molecule has 0 aliphatic heterocycles. The van der Waals surface area contributed by atoms with Gasteiger partial charge in [0.2, 0.25) is 5.88 Å². The van der Waals surface area contributed by atoms with E-state index in [0.717, 1.165) is 4.47 Å². The third-order valence-corrected chi connectivity index (χ3v) is 1.64. The lowest BCUT2D eigenvalue weighted by molar-refractivity contribution is 0.120. The normalized spacial score (nSPS) is 12.6. The fourth-order valence-corrected chi connectivity index (χ4v) is 0.888. The number of hydrogen-bond donors (Lipinski definition) is 1. The number of nitrogens with zero attached hydrogens (tertiary/aromatic N) is 1. The summed E-state index contributed by atoms with van der Waals surface area (Å²) in [6, 6.07) is 3.58. The largest absolute Gasteiger partial charge is 0.475 e. The molecular formula is C8H10BrNO2. The molecule has 1 unspecified atom stereocenters. The van der Waals surface area contributed by atoms with Crippen LogP contribution in [-0.2, 0) is 0 Å². The molecule has 0 aromatic carbocycles. The molecule has 0 bridgehead atoms. The Morgan fingerprint density at radius 1 is 1.67 bits per heavy atom. The Kier molecular flexibility index (Phi) is 3.49. The molecule has 4 heteroatoms. The lowest BCUT2D eigenvalue weighted by Crippen LogP contribution is -2.13. The second kappa shape index (κ2) is 4.42. The molecule has 0 radical (unpaired) electrons. The standard InChI is InChI=1S/C8H10BrNO2/c1-6(11)5-12-8-3-2-7(9)4-10-8/h2-4,6,11H,5H2,1H3. The molecule has 1 heterocycles. The summed E-state index contributed by atoms with van der Waals surface area (Å²) in [5, 5.41) is 8.91. The lowest BCUT2D eigenvalue weighted by atomic mass is 10.4. The summed E-state index contributed by atoms with van der Waals surface area (Å²) in [4.78, 5) is 3.97. The summed E-state index contributed by atoms with van der Waals surface area (Å²) >= 11 is 3.26. The number of pyridine rings is 1. The van der Waals surface area contributed by atoms with Gasteiger partial charge in [-0.1, -0.05) is 0 Å².